The molecule has 0 saturated heterocycles. The van der Waals surface area contributed by atoms with E-state index in [0.29, 0.717) is 23.2 Å². The summed E-state index contributed by atoms with van der Waals surface area (Å²) in [4.78, 5) is 30.9. The van der Waals surface area contributed by atoms with E-state index in [9.17, 15) is 9.59 Å². The van der Waals surface area contributed by atoms with Gasteiger partial charge in [-0.15, -0.1) is 0 Å². The topological polar surface area (TPSA) is 75.2 Å². The van der Waals surface area contributed by atoms with Gasteiger partial charge in [-0.1, -0.05) is 18.2 Å². The van der Waals surface area contributed by atoms with Crippen LogP contribution < -0.4 is 5.32 Å². The van der Waals surface area contributed by atoms with Gasteiger partial charge in [0, 0.05) is 37.1 Å². The quantitative estimate of drug-likeness (QED) is 0.925. The maximum absolute atomic E-state index is 12.7. The average Bonchev–Trinajstić information content (AvgIpc) is 3.29. The highest BCUT2D eigenvalue weighted by atomic mass is 32.1. The van der Waals surface area contributed by atoms with Crippen LogP contribution in [0, 0.1) is 5.92 Å². The van der Waals surface area contributed by atoms with Crippen LogP contribution in [-0.2, 0) is 11.2 Å². The lowest BCUT2D eigenvalue weighted by molar-refractivity contribution is -0.117. The molecule has 1 fully saturated rings. The molecule has 1 aliphatic heterocycles. The van der Waals surface area contributed by atoms with Crippen molar-refractivity contribution in [2.24, 2.45) is 5.92 Å². The van der Waals surface area contributed by atoms with Crippen molar-refractivity contribution in [2.75, 3.05) is 18.9 Å². The third kappa shape index (κ3) is 2.91. The van der Waals surface area contributed by atoms with Gasteiger partial charge in [-0.3, -0.25) is 9.59 Å². The van der Waals surface area contributed by atoms with Crippen LogP contribution in [0.15, 0.2) is 24.3 Å². The minimum Gasteiger partial charge on any atom is -0.341 e. The van der Waals surface area contributed by atoms with E-state index in [1.807, 2.05) is 18.2 Å². The minimum atomic E-state index is -0.389. The van der Waals surface area contributed by atoms with E-state index in [1.54, 1.807) is 18.0 Å². The molecule has 2 amide bonds. The van der Waals surface area contributed by atoms with Gasteiger partial charge in [0.15, 0.2) is 0 Å². The first-order chi connectivity index (χ1) is 11.6. The first-order valence-electron chi connectivity index (χ1n) is 8.09. The summed E-state index contributed by atoms with van der Waals surface area (Å²) >= 11 is 1.22. The van der Waals surface area contributed by atoms with E-state index in [2.05, 4.69) is 14.7 Å². The van der Waals surface area contributed by atoms with E-state index in [-0.39, 0.29) is 17.7 Å². The molecular weight excluding hydrogens is 324 g/mol. The van der Waals surface area contributed by atoms with Crippen LogP contribution in [0.3, 0.4) is 0 Å². The summed E-state index contributed by atoms with van der Waals surface area (Å²) in [6, 6.07) is 7.30. The molecule has 0 radical (unpaired) electrons. The third-order valence-electron chi connectivity index (χ3n) is 4.55. The van der Waals surface area contributed by atoms with Crippen molar-refractivity contribution < 1.29 is 9.59 Å². The number of fused-ring (bicyclic) bond motifs is 1. The first-order valence-corrected chi connectivity index (χ1v) is 8.87. The van der Waals surface area contributed by atoms with E-state index in [0.717, 1.165) is 17.8 Å². The molecule has 2 aromatic rings. The summed E-state index contributed by atoms with van der Waals surface area (Å²) in [6.45, 7) is 0.370. The zero-order valence-electron chi connectivity index (χ0n) is 13.4. The Labute approximate surface area is 144 Å². The number of anilines is 1. The van der Waals surface area contributed by atoms with Crippen molar-refractivity contribution in [2.45, 2.75) is 25.2 Å². The molecule has 1 saturated carbocycles. The highest BCUT2D eigenvalue weighted by Gasteiger charge is 2.33. The van der Waals surface area contributed by atoms with E-state index < -0.39 is 0 Å². The lowest BCUT2D eigenvalue weighted by atomic mass is 9.89. The molecule has 1 aromatic carbocycles. The predicted octanol–water partition coefficient (Wildman–Crippen LogP) is 2.30. The van der Waals surface area contributed by atoms with Crippen molar-refractivity contribution >= 4 is 28.5 Å². The molecule has 1 N–H and O–H groups in total. The van der Waals surface area contributed by atoms with Gasteiger partial charge in [-0.25, -0.2) is 4.98 Å². The summed E-state index contributed by atoms with van der Waals surface area (Å²) in [5, 5.41) is 3.40. The fourth-order valence-electron chi connectivity index (χ4n) is 3.04. The van der Waals surface area contributed by atoms with Gasteiger partial charge in [0.1, 0.15) is 5.82 Å². The van der Waals surface area contributed by atoms with Gasteiger partial charge < -0.3 is 10.2 Å². The molecule has 24 heavy (non-hydrogen) atoms. The molecule has 1 atom stereocenters. The zero-order chi connectivity index (χ0) is 16.7. The molecule has 0 spiro atoms. The number of amides is 2. The SMILES string of the molecule is CN1CC(C(=O)Nc2nc(CC3CC3)ns2)c2ccccc2C1=O. The Hall–Kier alpha value is -2.28. The molecule has 2 heterocycles. The van der Waals surface area contributed by atoms with Crippen LogP contribution in [0.25, 0.3) is 0 Å². The first kappa shape index (κ1) is 15.3. The second-order valence-corrected chi connectivity index (χ2v) is 7.23. The number of nitrogens with zero attached hydrogens (tertiary/aromatic N) is 3. The zero-order valence-corrected chi connectivity index (χ0v) is 14.2. The lowest BCUT2D eigenvalue weighted by Crippen LogP contribution is -2.41. The second-order valence-electron chi connectivity index (χ2n) is 6.48. The molecule has 1 aromatic heterocycles. The van der Waals surface area contributed by atoms with Crippen LogP contribution in [0.4, 0.5) is 5.13 Å². The van der Waals surface area contributed by atoms with Crippen molar-refractivity contribution in [3.05, 3.63) is 41.2 Å². The number of nitrogens with one attached hydrogen (secondary N) is 1. The molecule has 1 unspecified atom stereocenters. The number of hydrogen-bond donors (Lipinski definition) is 1. The Balaban J connectivity index is 1.52. The fraction of sp³-hybridized carbons (Fsp3) is 0.412. The Morgan fingerprint density at radius 1 is 1.38 bits per heavy atom. The fourth-order valence-corrected chi connectivity index (χ4v) is 3.64. The number of rotatable bonds is 4. The van der Waals surface area contributed by atoms with Gasteiger partial charge in [0.25, 0.3) is 5.91 Å². The number of carbonyl (C=O) groups is 2. The Kier molecular flexibility index (Phi) is 3.80. The van der Waals surface area contributed by atoms with Crippen molar-refractivity contribution in [3.63, 3.8) is 0 Å². The smallest absolute Gasteiger partial charge is 0.253 e. The molecule has 6 nitrogen and oxygen atoms in total. The van der Waals surface area contributed by atoms with Crippen molar-refractivity contribution in [3.8, 4) is 0 Å². The summed E-state index contributed by atoms with van der Waals surface area (Å²) in [5.74, 6) is 0.954. The highest BCUT2D eigenvalue weighted by Crippen LogP contribution is 2.33. The Morgan fingerprint density at radius 3 is 2.96 bits per heavy atom. The molecule has 124 valence electrons. The van der Waals surface area contributed by atoms with Gasteiger partial charge in [0.05, 0.1) is 5.92 Å². The largest absolute Gasteiger partial charge is 0.341 e. The Bertz CT molecular complexity index is 799. The lowest BCUT2D eigenvalue weighted by Gasteiger charge is -2.30. The summed E-state index contributed by atoms with van der Waals surface area (Å²) in [7, 11) is 1.72. The van der Waals surface area contributed by atoms with Crippen LogP contribution in [0.2, 0.25) is 0 Å². The van der Waals surface area contributed by atoms with Crippen LogP contribution in [0.5, 0.6) is 0 Å². The molecule has 7 heteroatoms. The normalized spacial score (nSPS) is 20.0. The standard InChI is InChI=1S/C17H18N4O2S/c1-21-9-13(11-4-2-3-5-12(11)16(21)23)15(22)19-17-18-14(20-24-17)8-10-6-7-10/h2-5,10,13H,6-9H2,1H3,(H,18,19,20,22). The summed E-state index contributed by atoms with van der Waals surface area (Å²) < 4.78 is 4.32. The molecule has 0 bridgehead atoms. The van der Waals surface area contributed by atoms with Crippen LogP contribution in [0.1, 0.15) is 40.5 Å². The molecule has 1 aliphatic carbocycles. The number of likely N-dealkylation sites (N-methyl/N-ethyl adjacent to an activating group) is 1. The Morgan fingerprint density at radius 2 is 2.17 bits per heavy atom. The van der Waals surface area contributed by atoms with Gasteiger partial charge in [0.2, 0.25) is 11.0 Å². The van der Waals surface area contributed by atoms with Gasteiger partial charge in [-0.2, -0.15) is 4.37 Å². The van der Waals surface area contributed by atoms with E-state index >= 15 is 0 Å². The number of aromatic nitrogens is 2. The highest BCUT2D eigenvalue weighted by molar-refractivity contribution is 7.09. The minimum absolute atomic E-state index is 0.0442. The van der Waals surface area contributed by atoms with E-state index in [4.69, 9.17) is 0 Å². The van der Waals surface area contributed by atoms with Gasteiger partial charge >= 0.3 is 0 Å². The molecular formula is C17H18N4O2S. The summed E-state index contributed by atoms with van der Waals surface area (Å²) in [5.41, 5.74) is 1.37. The third-order valence-corrected chi connectivity index (χ3v) is 5.22. The van der Waals surface area contributed by atoms with Crippen molar-refractivity contribution in [1.29, 1.82) is 0 Å². The monoisotopic (exact) mass is 342 g/mol. The van der Waals surface area contributed by atoms with Gasteiger partial charge in [-0.05, 0) is 30.4 Å². The molecule has 2 aliphatic rings. The molecule has 4 rings (SSSR count). The summed E-state index contributed by atoms with van der Waals surface area (Å²) in [6.07, 6.45) is 3.40. The maximum Gasteiger partial charge on any atom is 0.253 e. The van der Waals surface area contributed by atoms with Crippen LogP contribution in [-0.4, -0.2) is 39.7 Å². The number of benzene rings is 1. The van der Waals surface area contributed by atoms with Crippen LogP contribution >= 0.6 is 11.5 Å². The predicted molar refractivity (Wildman–Crippen MR) is 91.1 cm³/mol. The van der Waals surface area contributed by atoms with Crippen molar-refractivity contribution in [1.82, 2.24) is 14.3 Å². The number of hydrogen-bond acceptors (Lipinski definition) is 5. The van der Waals surface area contributed by atoms with E-state index in [1.165, 1.54) is 24.4 Å². The maximum atomic E-state index is 12.7. The number of carbonyl (C=O) groups excluding carboxylic acids is 2. The average molecular weight is 342 g/mol. The second kappa shape index (κ2) is 5.98.